The summed E-state index contributed by atoms with van der Waals surface area (Å²) >= 11 is 0. The molecule has 1 aromatic rings. The van der Waals surface area contributed by atoms with Crippen LogP contribution in [0.1, 0.15) is 84.6 Å². The van der Waals surface area contributed by atoms with Crippen LogP contribution in [0.3, 0.4) is 0 Å². The fourth-order valence-electron chi connectivity index (χ4n) is 8.20. The van der Waals surface area contributed by atoms with Gasteiger partial charge in [-0.1, -0.05) is 34.1 Å². The smallest absolute Gasteiger partial charge is 0.445 e. The van der Waals surface area contributed by atoms with Crippen molar-refractivity contribution in [2.75, 3.05) is 0 Å². The van der Waals surface area contributed by atoms with Gasteiger partial charge < -0.3 is 8.60 Å². The lowest BCUT2D eigenvalue weighted by molar-refractivity contribution is -0.154. The summed E-state index contributed by atoms with van der Waals surface area (Å²) in [7, 11) is -4.49. The highest BCUT2D eigenvalue weighted by Gasteiger charge is 2.61. The van der Waals surface area contributed by atoms with Gasteiger partial charge in [0.05, 0.1) is 12.5 Å². The Balaban J connectivity index is 1.68. The van der Waals surface area contributed by atoms with Crippen LogP contribution in [0.25, 0.3) is 0 Å². The van der Waals surface area contributed by atoms with Crippen LogP contribution in [0.5, 0.6) is 0 Å². The molecule has 0 radical (unpaired) electrons. The largest absolute Gasteiger partial charge is 0.472 e. The molecule has 5 atom stereocenters. The van der Waals surface area contributed by atoms with E-state index in [9.17, 15) is 8.42 Å². The molecule has 1 heterocycles. The molecule has 3 saturated carbocycles. The second kappa shape index (κ2) is 7.95. The normalized spacial score (nSPS) is 39.0. The summed E-state index contributed by atoms with van der Waals surface area (Å²) in [6.07, 6.45) is 14.8. The molecule has 3 fully saturated rings. The number of hydrogen-bond donors (Lipinski definition) is 1. The highest BCUT2D eigenvalue weighted by molar-refractivity contribution is 7.81. The van der Waals surface area contributed by atoms with Crippen molar-refractivity contribution in [2.45, 2.75) is 85.5 Å². The first-order valence-corrected chi connectivity index (χ1v) is 13.2. The van der Waals surface area contributed by atoms with Gasteiger partial charge in [0.15, 0.2) is 0 Å². The zero-order valence-electron chi connectivity index (χ0n) is 19.4. The van der Waals surface area contributed by atoms with E-state index in [2.05, 4.69) is 27.7 Å². The van der Waals surface area contributed by atoms with E-state index in [0.717, 1.165) is 43.6 Å². The van der Waals surface area contributed by atoms with Gasteiger partial charge in [-0.05, 0) is 103 Å². The summed E-state index contributed by atoms with van der Waals surface area (Å²) in [6, 6.07) is 2.00. The molecular weight excluding hydrogens is 412 g/mol. The topological polar surface area (TPSA) is 76.7 Å². The summed E-state index contributed by atoms with van der Waals surface area (Å²) in [4.78, 5) is 0. The minimum atomic E-state index is -4.49. The van der Waals surface area contributed by atoms with Crippen molar-refractivity contribution in [3.63, 3.8) is 0 Å². The van der Waals surface area contributed by atoms with Crippen molar-refractivity contribution in [1.82, 2.24) is 0 Å². The summed E-state index contributed by atoms with van der Waals surface area (Å²) in [5.74, 6) is 1.57. The van der Waals surface area contributed by atoms with E-state index in [1.165, 1.54) is 37.5 Å². The molecule has 4 rings (SSSR count). The van der Waals surface area contributed by atoms with Crippen LogP contribution >= 0.6 is 0 Å². The van der Waals surface area contributed by atoms with Gasteiger partial charge in [0.25, 0.3) is 0 Å². The maximum absolute atomic E-state index is 11.3. The van der Waals surface area contributed by atoms with Crippen LogP contribution in [0.2, 0.25) is 0 Å². The molecule has 1 aromatic heterocycles. The average Bonchev–Trinajstić information content (AvgIpc) is 3.17. The van der Waals surface area contributed by atoms with Crippen molar-refractivity contribution in [3.05, 3.63) is 36.0 Å². The van der Waals surface area contributed by atoms with Gasteiger partial charge in [0.1, 0.15) is 6.26 Å². The van der Waals surface area contributed by atoms with Gasteiger partial charge in [-0.2, -0.15) is 8.42 Å². The van der Waals surface area contributed by atoms with E-state index in [1.807, 2.05) is 6.07 Å². The Kier molecular flexibility index (Phi) is 5.87. The quantitative estimate of drug-likeness (QED) is 0.405. The van der Waals surface area contributed by atoms with Crippen molar-refractivity contribution >= 4 is 10.4 Å². The zero-order valence-corrected chi connectivity index (χ0v) is 20.2. The molecule has 0 spiro atoms. The van der Waals surface area contributed by atoms with E-state index < -0.39 is 10.4 Å². The molecular formula is C25H38O5S. The lowest BCUT2D eigenvalue weighted by Gasteiger charge is -2.66. The van der Waals surface area contributed by atoms with Crippen molar-refractivity contribution in [3.8, 4) is 0 Å². The van der Waals surface area contributed by atoms with Crippen LogP contribution < -0.4 is 0 Å². The van der Waals surface area contributed by atoms with Crippen LogP contribution in [-0.4, -0.2) is 13.0 Å². The highest BCUT2D eigenvalue weighted by Crippen LogP contribution is 2.69. The van der Waals surface area contributed by atoms with Gasteiger partial charge in [0.2, 0.25) is 0 Å². The molecule has 0 bridgehead atoms. The fourth-order valence-corrected chi connectivity index (χ4v) is 8.44. The molecule has 5 unspecified atom stereocenters. The van der Waals surface area contributed by atoms with E-state index in [-0.39, 0.29) is 11.3 Å². The third-order valence-corrected chi connectivity index (χ3v) is 9.77. The number of furan rings is 1. The van der Waals surface area contributed by atoms with E-state index in [1.54, 1.807) is 12.5 Å². The van der Waals surface area contributed by atoms with Gasteiger partial charge >= 0.3 is 10.4 Å². The summed E-state index contributed by atoms with van der Waals surface area (Å²) < 4.78 is 41.7. The monoisotopic (exact) mass is 450 g/mol. The highest BCUT2D eigenvalue weighted by atomic mass is 32.3. The van der Waals surface area contributed by atoms with Crippen molar-refractivity contribution in [1.29, 1.82) is 0 Å². The number of hydrogen-bond acceptors (Lipinski definition) is 4. The fraction of sp³-hybridized carbons (Fsp3) is 0.760. The Morgan fingerprint density at radius 2 is 1.90 bits per heavy atom. The van der Waals surface area contributed by atoms with Gasteiger partial charge in [-0.15, -0.1) is 0 Å². The molecule has 6 heteroatoms. The average molecular weight is 451 g/mol. The summed E-state index contributed by atoms with van der Waals surface area (Å²) in [5, 5.41) is 0. The Morgan fingerprint density at radius 3 is 2.58 bits per heavy atom. The Morgan fingerprint density at radius 1 is 1.13 bits per heavy atom. The third-order valence-electron chi connectivity index (χ3n) is 9.43. The molecule has 174 valence electrons. The first-order valence-electron chi connectivity index (χ1n) is 11.8. The Bertz CT molecular complexity index is 916. The van der Waals surface area contributed by atoms with Gasteiger partial charge in [-0.25, -0.2) is 0 Å². The zero-order chi connectivity index (χ0) is 22.5. The molecule has 0 saturated heterocycles. The molecule has 1 N–H and O–H groups in total. The SMILES string of the molecule is CC1(C)CCCC2(C)C1CCC1(C)C(CCc3ccoc3)/C(=C/OS(=O)(=O)O)CCC12. The molecule has 3 aliphatic rings. The number of rotatable bonds is 5. The predicted molar refractivity (Wildman–Crippen MR) is 121 cm³/mol. The lowest BCUT2D eigenvalue weighted by atomic mass is 9.39. The van der Waals surface area contributed by atoms with Crippen LogP contribution in [0, 0.1) is 34.0 Å². The minimum Gasteiger partial charge on any atom is -0.472 e. The second-order valence-corrected chi connectivity index (χ2v) is 12.5. The summed E-state index contributed by atoms with van der Waals surface area (Å²) in [5.41, 5.74) is 2.98. The maximum atomic E-state index is 11.3. The molecule has 0 amide bonds. The van der Waals surface area contributed by atoms with Crippen molar-refractivity contribution < 1.29 is 21.6 Å². The number of fused-ring (bicyclic) bond motifs is 3. The molecule has 0 aromatic carbocycles. The molecule has 31 heavy (non-hydrogen) atoms. The van der Waals surface area contributed by atoms with E-state index in [0.29, 0.717) is 16.7 Å². The molecule has 3 aliphatic carbocycles. The number of aryl methyl sites for hydroxylation is 1. The molecule has 0 aliphatic heterocycles. The number of allylic oxidation sites excluding steroid dienone is 1. The maximum Gasteiger partial charge on any atom is 0.445 e. The predicted octanol–water partition coefficient (Wildman–Crippen LogP) is 6.57. The van der Waals surface area contributed by atoms with E-state index >= 15 is 0 Å². The van der Waals surface area contributed by atoms with E-state index in [4.69, 9.17) is 13.2 Å². The van der Waals surface area contributed by atoms with Crippen LogP contribution in [0.15, 0.2) is 34.8 Å². The first kappa shape index (κ1) is 22.9. The standard InChI is InChI=1S/C25H38O5S/c1-23(2)12-5-13-25(4)21(23)10-14-24(3)20(8-6-18-11-15-29-16-18)19(7-9-22(24)25)17-30-31(26,27)28/h11,15-17,20-22H,5-10,12-14H2,1-4H3,(H,26,27,28)/b19-17+. The first-order chi connectivity index (χ1) is 14.5. The van der Waals surface area contributed by atoms with Gasteiger partial charge in [-0.3, -0.25) is 4.55 Å². The summed E-state index contributed by atoms with van der Waals surface area (Å²) in [6.45, 7) is 9.89. The Labute approximate surface area is 187 Å². The third kappa shape index (κ3) is 4.22. The lowest BCUT2D eigenvalue weighted by Crippen LogP contribution is -2.58. The molecule has 5 nitrogen and oxygen atoms in total. The van der Waals surface area contributed by atoms with Crippen LogP contribution in [0.4, 0.5) is 0 Å². The van der Waals surface area contributed by atoms with Gasteiger partial charge in [0, 0.05) is 0 Å². The minimum absolute atomic E-state index is 0.0923. The second-order valence-electron chi connectivity index (χ2n) is 11.5. The van der Waals surface area contributed by atoms with Crippen molar-refractivity contribution in [2.24, 2.45) is 34.0 Å². The Hall–Kier alpha value is -1.27. The van der Waals surface area contributed by atoms with Crippen LogP contribution in [-0.2, 0) is 21.0 Å².